The fourth-order valence-electron chi connectivity index (χ4n) is 0.888. The highest BCUT2D eigenvalue weighted by atomic mass is 32.2. The molecule has 1 amide bonds. The summed E-state index contributed by atoms with van der Waals surface area (Å²) in [4.78, 5) is 22.6. The second kappa shape index (κ2) is 3.23. The van der Waals surface area contributed by atoms with E-state index in [1.54, 1.807) is 18.6 Å². The first kappa shape index (κ1) is 8.33. The Balaban J connectivity index is 2.30. The van der Waals surface area contributed by atoms with E-state index in [4.69, 9.17) is 5.73 Å². The van der Waals surface area contributed by atoms with Crippen LogP contribution in [0.3, 0.4) is 0 Å². The monoisotopic (exact) mass is 194 g/mol. The van der Waals surface area contributed by atoms with Crippen LogP contribution in [0.15, 0.2) is 23.6 Å². The van der Waals surface area contributed by atoms with E-state index in [1.807, 2.05) is 0 Å². The van der Waals surface area contributed by atoms with Crippen molar-refractivity contribution in [3.63, 3.8) is 0 Å². The van der Waals surface area contributed by atoms with Gasteiger partial charge in [0, 0.05) is 12.4 Å². The zero-order chi connectivity index (χ0) is 9.26. The minimum atomic E-state index is -0.586. The second-order valence-corrected chi connectivity index (χ2v) is 3.51. The average Bonchev–Trinajstić information content (AvgIpc) is 2.49. The summed E-state index contributed by atoms with van der Waals surface area (Å²) in [6, 6.07) is 0. The Kier molecular flexibility index (Phi) is 2.07. The fourth-order valence-corrected chi connectivity index (χ4v) is 1.65. The molecule has 1 aliphatic heterocycles. The summed E-state index contributed by atoms with van der Waals surface area (Å²) in [7, 11) is 0. The van der Waals surface area contributed by atoms with Gasteiger partial charge in [-0.15, -0.1) is 0 Å². The van der Waals surface area contributed by atoms with Gasteiger partial charge in [-0.2, -0.15) is 0 Å². The number of carbonyl (C=O) groups excluding carboxylic acids is 1. The van der Waals surface area contributed by atoms with Crippen molar-refractivity contribution in [2.24, 2.45) is 10.7 Å². The van der Waals surface area contributed by atoms with Crippen LogP contribution in [-0.2, 0) is 4.79 Å². The fraction of sp³-hybridized carbons (Fsp3) is 0.143. The number of hydrogen-bond acceptors (Lipinski definition) is 5. The van der Waals surface area contributed by atoms with E-state index in [0.717, 1.165) is 0 Å². The van der Waals surface area contributed by atoms with E-state index in [-0.39, 0.29) is 5.91 Å². The summed E-state index contributed by atoms with van der Waals surface area (Å²) in [6.07, 6.45) is 4.66. The molecule has 1 unspecified atom stereocenters. The molecule has 2 heterocycles. The predicted molar refractivity (Wildman–Crippen MR) is 49.1 cm³/mol. The zero-order valence-corrected chi connectivity index (χ0v) is 7.36. The van der Waals surface area contributed by atoms with E-state index >= 15 is 0 Å². The Morgan fingerprint density at radius 2 is 2.31 bits per heavy atom. The predicted octanol–water partition coefficient (Wildman–Crippen LogP) is -0.219. The van der Waals surface area contributed by atoms with E-state index in [9.17, 15) is 4.79 Å². The van der Waals surface area contributed by atoms with Crippen molar-refractivity contribution in [2.45, 2.75) is 5.37 Å². The summed E-state index contributed by atoms with van der Waals surface area (Å²) in [5.41, 5.74) is 6.05. The first-order chi connectivity index (χ1) is 6.27. The van der Waals surface area contributed by atoms with Crippen LogP contribution in [0, 0.1) is 0 Å². The van der Waals surface area contributed by atoms with Gasteiger partial charge in [-0.1, -0.05) is 11.8 Å². The standard InChI is InChI=1S/C7H6N4OS/c8-5-6(12)11-7(13-5)4-3-9-1-2-10-4/h1-3,5H,8H2. The van der Waals surface area contributed by atoms with Crippen LogP contribution in [0.2, 0.25) is 0 Å². The number of rotatable bonds is 1. The third kappa shape index (κ3) is 1.58. The van der Waals surface area contributed by atoms with Crippen molar-refractivity contribution < 1.29 is 4.79 Å². The summed E-state index contributed by atoms with van der Waals surface area (Å²) >= 11 is 1.20. The molecule has 5 nitrogen and oxygen atoms in total. The van der Waals surface area contributed by atoms with Gasteiger partial charge in [0.25, 0.3) is 5.91 Å². The highest BCUT2D eigenvalue weighted by Gasteiger charge is 2.25. The molecule has 0 fully saturated rings. The molecule has 1 aromatic rings. The molecule has 0 saturated carbocycles. The van der Waals surface area contributed by atoms with Crippen LogP contribution in [0.5, 0.6) is 0 Å². The van der Waals surface area contributed by atoms with Gasteiger partial charge in [0.15, 0.2) is 0 Å². The molecule has 1 atom stereocenters. The summed E-state index contributed by atoms with van der Waals surface area (Å²) in [5, 5.41) is -0.0393. The maximum absolute atomic E-state index is 11.0. The largest absolute Gasteiger partial charge is 0.311 e. The van der Waals surface area contributed by atoms with Crippen LogP contribution in [0.25, 0.3) is 0 Å². The number of aromatic nitrogens is 2. The molecule has 0 radical (unpaired) electrons. The van der Waals surface area contributed by atoms with E-state index < -0.39 is 5.37 Å². The number of nitrogens with zero attached hydrogens (tertiary/aromatic N) is 3. The van der Waals surface area contributed by atoms with E-state index in [2.05, 4.69) is 15.0 Å². The highest BCUT2D eigenvalue weighted by molar-refractivity contribution is 8.16. The second-order valence-electron chi connectivity index (χ2n) is 2.38. The minimum Gasteiger partial charge on any atom is -0.311 e. The first-order valence-corrected chi connectivity index (χ1v) is 4.46. The van der Waals surface area contributed by atoms with Crippen LogP contribution in [0.4, 0.5) is 0 Å². The number of amides is 1. The molecule has 2 rings (SSSR count). The highest BCUT2D eigenvalue weighted by Crippen LogP contribution is 2.21. The molecule has 66 valence electrons. The molecule has 0 aromatic carbocycles. The topological polar surface area (TPSA) is 81.2 Å². The lowest BCUT2D eigenvalue weighted by molar-refractivity contribution is -0.117. The number of aliphatic imine (C=N–C) groups is 1. The third-order valence-corrected chi connectivity index (χ3v) is 2.46. The van der Waals surface area contributed by atoms with Crippen molar-refractivity contribution in [1.29, 1.82) is 0 Å². The lowest BCUT2D eigenvalue weighted by Gasteiger charge is -1.97. The van der Waals surface area contributed by atoms with Crippen molar-refractivity contribution in [3.8, 4) is 0 Å². The summed E-state index contributed by atoms with van der Waals surface area (Å²) < 4.78 is 0. The molecule has 13 heavy (non-hydrogen) atoms. The maximum atomic E-state index is 11.0. The minimum absolute atomic E-state index is 0.314. The van der Waals surface area contributed by atoms with Gasteiger partial charge in [0.05, 0.1) is 6.20 Å². The smallest absolute Gasteiger partial charge is 0.274 e. The van der Waals surface area contributed by atoms with Crippen molar-refractivity contribution in [1.82, 2.24) is 9.97 Å². The lowest BCUT2D eigenvalue weighted by Crippen LogP contribution is -2.21. The van der Waals surface area contributed by atoms with Gasteiger partial charge in [-0.05, 0) is 0 Å². The van der Waals surface area contributed by atoms with Crippen molar-refractivity contribution in [3.05, 3.63) is 24.3 Å². The maximum Gasteiger partial charge on any atom is 0.274 e. The van der Waals surface area contributed by atoms with Gasteiger partial charge in [0.1, 0.15) is 16.1 Å². The number of thioether (sulfide) groups is 1. The Bertz CT molecular complexity index is 364. The van der Waals surface area contributed by atoms with Gasteiger partial charge < -0.3 is 5.73 Å². The van der Waals surface area contributed by atoms with E-state index in [1.165, 1.54) is 11.8 Å². The van der Waals surface area contributed by atoms with Crippen LogP contribution in [0.1, 0.15) is 5.69 Å². The summed E-state index contributed by atoms with van der Waals surface area (Å²) in [5.74, 6) is -0.314. The molecule has 6 heteroatoms. The lowest BCUT2D eigenvalue weighted by atomic mass is 10.5. The number of hydrogen-bond donors (Lipinski definition) is 1. The normalized spacial score (nSPS) is 21.8. The molecule has 0 spiro atoms. The van der Waals surface area contributed by atoms with Crippen LogP contribution in [-0.4, -0.2) is 26.3 Å². The molecular weight excluding hydrogens is 188 g/mol. The zero-order valence-electron chi connectivity index (χ0n) is 6.54. The molecule has 1 aliphatic rings. The van der Waals surface area contributed by atoms with Crippen molar-refractivity contribution >= 4 is 22.7 Å². The van der Waals surface area contributed by atoms with Gasteiger partial charge in [0.2, 0.25) is 0 Å². The Morgan fingerprint density at radius 1 is 1.46 bits per heavy atom. The van der Waals surface area contributed by atoms with Gasteiger partial charge in [-0.3, -0.25) is 14.8 Å². The molecule has 2 N–H and O–H groups in total. The first-order valence-electron chi connectivity index (χ1n) is 3.58. The molecular formula is C7H6N4OS. The average molecular weight is 194 g/mol. The third-order valence-electron chi connectivity index (χ3n) is 1.48. The van der Waals surface area contributed by atoms with Gasteiger partial charge >= 0.3 is 0 Å². The number of nitrogens with two attached hydrogens (primary N) is 1. The molecule has 0 aliphatic carbocycles. The van der Waals surface area contributed by atoms with Crippen LogP contribution < -0.4 is 5.73 Å². The summed E-state index contributed by atoms with van der Waals surface area (Å²) in [6.45, 7) is 0. The van der Waals surface area contributed by atoms with Gasteiger partial charge in [-0.25, -0.2) is 4.99 Å². The van der Waals surface area contributed by atoms with Crippen molar-refractivity contribution in [2.75, 3.05) is 0 Å². The Morgan fingerprint density at radius 3 is 2.85 bits per heavy atom. The Labute approximate surface area is 78.5 Å². The molecule has 0 bridgehead atoms. The van der Waals surface area contributed by atoms with Crippen LogP contribution >= 0.6 is 11.8 Å². The van der Waals surface area contributed by atoms with E-state index in [0.29, 0.717) is 10.7 Å². The Hall–Kier alpha value is -1.27. The molecule has 0 saturated heterocycles. The SMILES string of the molecule is NC1SC(c2cnccn2)=NC1=O. The molecule has 1 aromatic heterocycles. The quantitative estimate of drug-likeness (QED) is 0.668. The number of carbonyl (C=O) groups is 1.